The summed E-state index contributed by atoms with van der Waals surface area (Å²) < 4.78 is 7.70. The van der Waals surface area contributed by atoms with E-state index < -0.39 is 0 Å². The second-order valence-corrected chi connectivity index (χ2v) is 4.18. The Morgan fingerprint density at radius 2 is 2.40 bits per heavy atom. The first kappa shape index (κ1) is 10.6. The monoisotopic (exact) mass is 209 g/mol. The minimum absolute atomic E-state index is 0.0996. The van der Waals surface area contributed by atoms with Gasteiger partial charge in [0, 0.05) is 26.0 Å². The number of rotatable bonds is 5. The third-order valence-corrected chi connectivity index (χ3v) is 2.96. The van der Waals surface area contributed by atoms with E-state index in [4.69, 9.17) is 10.5 Å². The Bertz CT molecular complexity index is 319. The molecule has 15 heavy (non-hydrogen) atoms. The van der Waals surface area contributed by atoms with Crippen molar-refractivity contribution in [3.8, 4) is 0 Å². The molecule has 4 nitrogen and oxygen atoms in total. The van der Waals surface area contributed by atoms with Crippen LogP contribution in [0.5, 0.6) is 0 Å². The van der Waals surface area contributed by atoms with Crippen LogP contribution in [0, 0.1) is 5.92 Å². The Balaban J connectivity index is 2.10. The third kappa shape index (κ3) is 2.21. The van der Waals surface area contributed by atoms with Gasteiger partial charge >= 0.3 is 0 Å². The molecule has 2 rings (SSSR count). The molecule has 0 amide bonds. The molecule has 2 N–H and O–H groups in total. The molecule has 0 radical (unpaired) electrons. The standard InChI is InChI=1S/C11H19N3O/c1-3-15-10(8-4-5-8)9(12)11-13-6-7-14(11)2/h6-10H,3-5,12H2,1-2H3. The largest absolute Gasteiger partial charge is 0.376 e. The predicted octanol–water partition coefficient (Wildman–Crippen LogP) is 1.24. The van der Waals surface area contributed by atoms with Gasteiger partial charge in [0.25, 0.3) is 0 Å². The second kappa shape index (κ2) is 4.33. The predicted molar refractivity (Wildman–Crippen MR) is 58.3 cm³/mol. The van der Waals surface area contributed by atoms with E-state index in [1.165, 1.54) is 12.8 Å². The van der Waals surface area contributed by atoms with Crippen LogP contribution in [-0.4, -0.2) is 22.3 Å². The molecule has 0 spiro atoms. The summed E-state index contributed by atoms with van der Waals surface area (Å²) in [5, 5.41) is 0. The molecular weight excluding hydrogens is 190 g/mol. The van der Waals surface area contributed by atoms with Crippen molar-refractivity contribution in [2.24, 2.45) is 18.7 Å². The normalized spacial score (nSPS) is 20.2. The van der Waals surface area contributed by atoms with Crippen molar-refractivity contribution in [2.45, 2.75) is 31.9 Å². The lowest BCUT2D eigenvalue weighted by Crippen LogP contribution is -2.32. The molecule has 2 unspecified atom stereocenters. The molecule has 84 valence electrons. The maximum atomic E-state index is 6.20. The minimum atomic E-state index is -0.0996. The smallest absolute Gasteiger partial charge is 0.128 e. The van der Waals surface area contributed by atoms with Gasteiger partial charge in [-0.25, -0.2) is 4.98 Å². The Morgan fingerprint density at radius 1 is 1.67 bits per heavy atom. The van der Waals surface area contributed by atoms with Crippen molar-refractivity contribution in [2.75, 3.05) is 6.61 Å². The van der Waals surface area contributed by atoms with E-state index in [1.807, 2.05) is 24.7 Å². The van der Waals surface area contributed by atoms with E-state index in [1.54, 1.807) is 6.20 Å². The Labute approximate surface area is 90.4 Å². The van der Waals surface area contributed by atoms with Crippen LogP contribution in [0.1, 0.15) is 31.6 Å². The van der Waals surface area contributed by atoms with Gasteiger partial charge in [0.1, 0.15) is 5.82 Å². The fourth-order valence-corrected chi connectivity index (χ4v) is 2.00. The molecule has 0 bridgehead atoms. The Kier molecular flexibility index (Phi) is 3.07. The zero-order valence-corrected chi connectivity index (χ0v) is 9.39. The highest BCUT2D eigenvalue weighted by molar-refractivity contribution is 5.03. The average molecular weight is 209 g/mol. The van der Waals surface area contributed by atoms with Gasteiger partial charge in [-0.2, -0.15) is 0 Å². The lowest BCUT2D eigenvalue weighted by molar-refractivity contribution is 0.0258. The zero-order valence-electron chi connectivity index (χ0n) is 9.39. The van der Waals surface area contributed by atoms with Crippen LogP contribution in [0.3, 0.4) is 0 Å². The summed E-state index contributed by atoms with van der Waals surface area (Å²) in [7, 11) is 1.97. The molecule has 1 heterocycles. The number of aromatic nitrogens is 2. The first-order chi connectivity index (χ1) is 7.24. The van der Waals surface area contributed by atoms with Crippen LogP contribution in [0.15, 0.2) is 12.4 Å². The molecule has 0 aromatic carbocycles. The highest BCUT2D eigenvalue weighted by Gasteiger charge is 2.37. The zero-order chi connectivity index (χ0) is 10.8. The van der Waals surface area contributed by atoms with Crippen molar-refractivity contribution >= 4 is 0 Å². The van der Waals surface area contributed by atoms with Crippen molar-refractivity contribution in [1.82, 2.24) is 9.55 Å². The Morgan fingerprint density at radius 3 is 2.87 bits per heavy atom. The highest BCUT2D eigenvalue weighted by Crippen LogP contribution is 2.38. The molecule has 2 atom stereocenters. The maximum absolute atomic E-state index is 6.20. The van der Waals surface area contributed by atoms with E-state index in [0.29, 0.717) is 5.92 Å². The van der Waals surface area contributed by atoms with Crippen LogP contribution < -0.4 is 5.73 Å². The van der Waals surface area contributed by atoms with Gasteiger partial charge in [-0.3, -0.25) is 0 Å². The lowest BCUT2D eigenvalue weighted by atomic mass is 10.1. The molecule has 1 aliphatic rings. The molecule has 1 aliphatic carbocycles. The SMILES string of the molecule is CCOC(C1CC1)C(N)c1nccn1C. The molecule has 4 heteroatoms. The van der Waals surface area contributed by atoms with E-state index in [2.05, 4.69) is 4.98 Å². The number of aryl methyl sites for hydroxylation is 1. The molecule has 1 aromatic rings. The summed E-state index contributed by atoms with van der Waals surface area (Å²) in [4.78, 5) is 4.29. The lowest BCUT2D eigenvalue weighted by Gasteiger charge is -2.23. The van der Waals surface area contributed by atoms with Crippen molar-refractivity contribution in [3.63, 3.8) is 0 Å². The van der Waals surface area contributed by atoms with Gasteiger partial charge in [0.05, 0.1) is 12.1 Å². The van der Waals surface area contributed by atoms with Crippen molar-refractivity contribution < 1.29 is 4.74 Å². The quantitative estimate of drug-likeness (QED) is 0.793. The van der Waals surface area contributed by atoms with Crippen LogP contribution in [-0.2, 0) is 11.8 Å². The summed E-state index contributed by atoms with van der Waals surface area (Å²) in [5.74, 6) is 1.55. The summed E-state index contributed by atoms with van der Waals surface area (Å²) >= 11 is 0. The molecule has 1 aromatic heterocycles. The van der Waals surface area contributed by atoms with Crippen LogP contribution >= 0.6 is 0 Å². The number of nitrogens with zero attached hydrogens (tertiary/aromatic N) is 2. The summed E-state index contributed by atoms with van der Waals surface area (Å²) in [6.45, 7) is 2.74. The third-order valence-electron chi connectivity index (χ3n) is 2.96. The number of ether oxygens (including phenoxy) is 1. The van der Waals surface area contributed by atoms with Crippen molar-refractivity contribution in [3.05, 3.63) is 18.2 Å². The average Bonchev–Trinajstić information content (AvgIpc) is 2.97. The van der Waals surface area contributed by atoms with Crippen LogP contribution in [0.25, 0.3) is 0 Å². The van der Waals surface area contributed by atoms with E-state index in [0.717, 1.165) is 12.4 Å². The minimum Gasteiger partial charge on any atom is -0.376 e. The first-order valence-electron chi connectivity index (χ1n) is 5.58. The number of hydrogen-bond acceptors (Lipinski definition) is 3. The number of nitrogens with two attached hydrogens (primary N) is 1. The van der Waals surface area contributed by atoms with Crippen molar-refractivity contribution in [1.29, 1.82) is 0 Å². The first-order valence-corrected chi connectivity index (χ1v) is 5.58. The summed E-state index contributed by atoms with van der Waals surface area (Å²) in [6.07, 6.45) is 6.32. The molecular formula is C11H19N3O. The molecule has 1 saturated carbocycles. The van der Waals surface area contributed by atoms with Crippen LogP contribution in [0.4, 0.5) is 0 Å². The highest BCUT2D eigenvalue weighted by atomic mass is 16.5. The maximum Gasteiger partial charge on any atom is 0.128 e. The number of imidazole rings is 1. The second-order valence-electron chi connectivity index (χ2n) is 4.18. The fourth-order valence-electron chi connectivity index (χ4n) is 2.00. The van der Waals surface area contributed by atoms with Gasteiger partial charge in [-0.1, -0.05) is 0 Å². The number of hydrogen-bond donors (Lipinski definition) is 1. The summed E-state index contributed by atoms with van der Waals surface area (Å²) in [6, 6.07) is -0.0996. The van der Waals surface area contributed by atoms with Gasteiger partial charge in [0.2, 0.25) is 0 Å². The summed E-state index contributed by atoms with van der Waals surface area (Å²) in [5.41, 5.74) is 6.20. The van der Waals surface area contributed by atoms with Gasteiger partial charge in [-0.05, 0) is 25.7 Å². The molecule has 0 saturated heterocycles. The van der Waals surface area contributed by atoms with E-state index in [9.17, 15) is 0 Å². The van der Waals surface area contributed by atoms with Crippen LogP contribution in [0.2, 0.25) is 0 Å². The van der Waals surface area contributed by atoms with Gasteiger partial charge in [0.15, 0.2) is 0 Å². The Hall–Kier alpha value is -0.870. The molecule has 0 aliphatic heterocycles. The fraction of sp³-hybridized carbons (Fsp3) is 0.727. The molecule has 1 fully saturated rings. The van der Waals surface area contributed by atoms with E-state index >= 15 is 0 Å². The van der Waals surface area contributed by atoms with E-state index in [-0.39, 0.29) is 12.1 Å². The van der Waals surface area contributed by atoms with Gasteiger partial charge in [-0.15, -0.1) is 0 Å². The topological polar surface area (TPSA) is 53.1 Å². The van der Waals surface area contributed by atoms with Gasteiger partial charge < -0.3 is 15.0 Å².